The molecule has 2 aromatic rings. The lowest BCUT2D eigenvalue weighted by molar-refractivity contribution is 0.281. The Morgan fingerprint density at radius 1 is 1.36 bits per heavy atom. The second-order valence-electron chi connectivity index (χ2n) is 5.31. The van der Waals surface area contributed by atoms with E-state index in [-0.39, 0.29) is 24.0 Å². The fraction of sp³-hybridized carbons (Fsp3) is 0.412. The zero-order chi connectivity index (χ0) is 17.4. The molecule has 138 valence electrons. The summed E-state index contributed by atoms with van der Waals surface area (Å²) < 4.78 is 5.71. The maximum atomic E-state index is 5.86. The summed E-state index contributed by atoms with van der Waals surface area (Å²) in [6, 6.07) is 7.37. The summed E-state index contributed by atoms with van der Waals surface area (Å²) in [6.45, 7) is 4.19. The fourth-order valence-corrected chi connectivity index (χ4v) is 3.03. The minimum absolute atomic E-state index is 0. The number of halogens is 2. The first-order valence-electron chi connectivity index (χ1n) is 7.80. The number of nitrogens with one attached hydrogen (secondary N) is 1. The van der Waals surface area contributed by atoms with Crippen molar-refractivity contribution in [3.63, 3.8) is 0 Å². The molecule has 1 aromatic heterocycles. The van der Waals surface area contributed by atoms with Gasteiger partial charge in [0.15, 0.2) is 5.96 Å². The van der Waals surface area contributed by atoms with E-state index in [0.717, 1.165) is 36.2 Å². The number of nitrogens with zero attached hydrogens (tertiary/aromatic N) is 3. The molecule has 2 rings (SSSR count). The lowest BCUT2D eigenvalue weighted by Gasteiger charge is -2.22. The fourth-order valence-electron chi connectivity index (χ4n) is 2.12. The number of aryl methyl sites for hydroxylation is 1. The van der Waals surface area contributed by atoms with Crippen LogP contribution >= 0.6 is 46.9 Å². The van der Waals surface area contributed by atoms with Crippen LogP contribution in [0.3, 0.4) is 0 Å². The number of hydrogen-bond donors (Lipinski definition) is 1. The summed E-state index contributed by atoms with van der Waals surface area (Å²) >= 11 is 7.59. The second-order valence-corrected chi connectivity index (χ2v) is 7.07. The van der Waals surface area contributed by atoms with E-state index in [1.807, 2.05) is 42.4 Å². The molecule has 0 spiro atoms. The first-order chi connectivity index (χ1) is 11.6. The van der Waals surface area contributed by atoms with Crippen LogP contribution in [0.25, 0.3) is 0 Å². The van der Waals surface area contributed by atoms with Crippen LogP contribution in [0.5, 0.6) is 5.75 Å². The molecule has 5 nitrogen and oxygen atoms in total. The molecule has 0 atom stereocenters. The van der Waals surface area contributed by atoms with Crippen molar-refractivity contribution in [3.8, 4) is 5.75 Å². The molecule has 0 saturated carbocycles. The number of aliphatic imine (C=N–C) groups is 1. The van der Waals surface area contributed by atoms with Crippen molar-refractivity contribution in [3.05, 3.63) is 45.4 Å². The minimum Gasteiger partial charge on any atom is -0.492 e. The highest BCUT2D eigenvalue weighted by molar-refractivity contribution is 14.0. The maximum absolute atomic E-state index is 5.86. The number of rotatable bonds is 7. The molecule has 1 heterocycles. The zero-order valence-corrected chi connectivity index (χ0v) is 18.6. The van der Waals surface area contributed by atoms with Crippen LogP contribution in [0.1, 0.15) is 9.88 Å². The predicted molar refractivity (Wildman–Crippen MR) is 117 cm³/mol. The van der Waals surface area contributed by atoms with Crippen molar-refractivity contribution in [2.24, 2.45) is 4.99 Å². The van der Waals surface area contributed by atoms with Gasteiger partial charge in [0.2, 0.25) is 0 Å². The quantitative estimate of drug-likeness (QED) is 0.361. The summed E-state index contributed by atoms with van der Waals surface area (Å²) in [7, 11) is 3.78. The van der Waals surface area contributed by atoms with Crippen LogP contribution in [0.4, 0.5) is 0 Å². The number of guanidine groups is 1. The number of aromatic nitrogens is 1. The van der Waals surface area contributed by atoms with Crippen LogP contribution in [0.15, 0.2) is 35.5 Å². The SMILES string of the molecule is CN=C(NCCc1ncc(C)s1)N(C)CCOc1ccc(Cl)cc1.I. The summed E-state index contributed by atoms with van der Waals surface area (Å²) in [5.74, 6) is 1.66. The average molecular weight is 495 g/mol. The van der Waals surface area contributed by atoms with Crippen molar-refractivity contribution in [2.45, 2.75) is 13.3 Å². The van der Waals surface area contributed by atoms with Crippen LogP contribution in [0.2, 0.25) is 5.02 Å². The van der Waals surface area contributed by atoms with Crippen molar-refractivity contribution < 1.29 is 4.74 Å². The number of hydrogen-bond acceptors (Lipinski definition) is 4. The van der Waals surface area contributed by atoms with E-state index in [1.54, 1.807) is 18.4 Å². The summed E-state index contributed by atoms with van der Waals surface area (Å²) in [5, 5.41) is 5.20. The van der Waals surface area contributed by atoms with Gasteiger partial charge in [-0.05, 0) is 31.2 Å². The lowest BCUT2D eigenvalue weighted by atomic mass is 10.3. The Morgan fingerprint density at radius 3 is 2.68 bits per heavy atom. The van der Waals surface area contributed by atoms with Gasteiger partial charge in [0.25, 0.3) is 0 Å². The van der Waals surface area contributed by atoms with Crippen LogP contribution < -0.4 is 10.1 Å². The smallest absolute Gasteiger partial charge is 0.193 e. The van der Waals surface area contributed by atoms with Crippen LogP contribution in [-0.2, 0) is 6.42 Å². The summed E-state index contributed by atoms with van der Waals surface area (Å²) in [4.78, 5) is 12.0. The van der Waals surface area contributed by atoms with Gasteiger partial charge in [0, 0.05) is 43.2 Å². The molecule has 1 N–H and O–H groups in total. The van der Waals surface area contributed by atoms with Gasteiger partial charge in [-0.15, -0.1) is 35.3 Å². The molecule has 8 heteroatoms. The van der Waals surface area contributed by atoms with Gasteiger partial charge >= 0.3 is 0 Å². The molecule has 1 aromatic carbocycles. The Hall–Kier alpha value is -1.06. The van der Waals surface area contributed by atoms with Crippen LogP contribution in [0, 0.1) is 6.92 Å². The molecular weight excluding hydrogens is 471 g/mol. The van der Waals surface area contributed by atoms with E-state index in [0.29, 0.717) is 11.6 Å². The third-order valence-electron chi connectivity index (χ3n) is 3.37. The Bertz CT molecular complexity index is 663. The van der Waals surface area contributed by atoms with E-state index >= 15 is 0 Å². The standard InChI is InChI=1S/C17H23ClN4OS.HI/c1-13-12-21-16(24-13)8-9-20-17(19-2)22(3)10-11-23-15-6-4-14(18)5-7-15;/h4-7,12H,8-11H2,1-3H3,(H,19,20);1H. The highest BCUT2D eigenvalue weighted by Gasteiger charge is 2.06. The normalized spacial score (nSPS) is 11.0. The largest absolute Gasteiger partial charge is 0.492 e. The monoisotopic (exact) mass is 494 g/mol. The van der Waals surface area contributed by atoms with Crippen molar-refractivity contribution in [2.75, 3.05) is 33.8 Å². The summed E-state index contributed by atoms with van der Waals surface area (Å²) in [6.07, 6.45) is 2.81. The van der Waals surface area contributed by atoms with Gasteiger partial charge in [0.05, 0.1) is 11.6 Å². The van der Waals surface area contributed by atoms with E-state index in [9.17, 15) is 0 Å². The van der Waals surface area contributed by atoms with E-state index in [4.69, 9.17) is 16.3 Å². The zero-order valence-electron chi connectivity index (χ0n) is 14.7. The van der Waals surface area contributed by atoms with E-state index < -0.39 is 0 Å². The topological polar surface area (TPSA) is 49.8 Å². The molecule has 0 aliphatic rings. The number of ether oxygens (including phenoxy) is 1. The molecule has 0 radical (unpaired) electrons. The Balaban J connectivity index is 0.00000312. The van der Waals surface area contributed by atoms with Crippen molar-refractivity contribution in [1.29, 1.82) is 0 Å². The van der Waals surface area contributed by atoms with Gasteiger partial charge < -0.3 is 15.0 Å². The third kappa shape index (κ3) is 7.79. The molecule has 0 amide bonds. The van der Waals surface area contributed by atoms with Gasteiger partial charge in [-0.1, -0.05) is 11.6 Å². The number of thiazole rings is 1. The third-order valence-corrected chi connectivity index (χ3v) is 4.60. The Morgan fingerprint density at radius 2 is 2.08 bits per heavy atom. The second kappa shape index (κ2) is 11.5. The molecule has 0 aliphatic heterocycles. The molecule has 0 fully saturated rings. The Kier molecular flexibility index (Phi) is 10.1. The lowest BCUT2D eigenvalue weighted by Crippen LogP contribution is -2.41. The number of benzene rings is 1. The van der Waals surface area contributed by atoms with Gasteiger partial charge in [-0.2, -0.15) is 0 Å². The first kappa shape index (κ1) is 22.0. The maximum Gasteiger partial charge on any atom is 0.193 e. The molecule has 0 aliphatic carbocycles. The van der Waals surface area contributed by atoms with E-state index in [2.05, 4.69) is 22.2 Å². The molecule has 25 heavy (non-hydrogen) atoms. The average Bonchev–Trinajstić information content (AvgIpc) is 2.98. The van der Waals surface area contributed by atoms with Gasteiger partial charge in [-0.3, -0.25) is 4.99 Å². The highest BCUT2D eigenvalue weighted by Crippen LogP contribution is 2.15. The molecular formula is C17H24ClIN4OS. The van der Waals surface area contributed by atoms with Crippen molar-refractivity contribution >= 4 is 52.9 Å². The summed E-state index contributed by atoms with van der Waals surface area (Å²) in [5.41, 5.74) is 0. The molecule has 0 saturated heterocycles. The highest BCUT2D eigenvalue weighted by atomic mass is 127. The predicted octanol–water partition coefficient (Wildman–Crippen LogP) is 3.85. The minimum atomic E-state index is 0. The first-order valence-corrected chi connectivity index (χ1v) is 8.99. The van der Waals surface area contributed by atoms with Crippen molar-refractivity contribution in [1.82, 2.24) is 15.2 Å². The van der Waals surface area contributed by atoms with Gasteiger partial charge in [-0.25, -0.2) is 4.98 Å². The Labute approximate surface area is 175 Å². The molecule has 0 unspecified atom stereocenters. The van der Waals surface area contributed by atoms with Crippen LogP contribution in [-0.4, -0.2) is 49.6 Å². The van der Waals surface area contributed by atoms with E-state index in [1.165, 1.54) is 4.88 Å². The van der Waals surface area contributed by atoms with Gasteiger partial charge in [0.1, 0.15) is 12.4 Å². The molecule has 0 bridgehead atoms. The number of likely N-dealkylation sites (N-methyl/N-ethyl adjacent to an activating group) is 1.